The number of nitrogens with zero attached hydrogens (tertiary/aromatic N) is 1. The van der Waals surface area contributed by atoms with Crippen LogP contribution in [0.25, 0.3) is 0 Å². The first-order valence-electron chi connectivity index (χ1n) is 1.98. The zero-order valence-electron chi connectivity index (χ0n) is 6.42. The van der Waals surface area contributed by atoms with Crippen LogP contribution in [0.1, 0.15) is 0 Å². The van der Waals surface area contributed by atoms with Gasteiger partial charge in [-0.3, -0.25) is 0 Å². The monoisotopic (exact) mass is 313 g/mol. The normalized spacial score (nSPS) is 9.07. The van der Waals surface area contributed by atoms with Gasteiger partial charge in [0.25, 0.3) is 0 Å². The van der Waals surface area contributed by atoms with E-state index in [1.54, 1.807) is 0 Å². The molecule has 0 unspecified atom stereocenters. The SMILES string of the molecule is [CH2-]N=C=O.[Co+3].[O-][Cl+3]([O-])([O-])[O-].[O-][Cl+3]([O-])([O-])[O-]. The first kappa shape index (κ1) is 24.3. The van der Waals surface area contributed by atoms with E-state index in [0.717, 1.165) is 0 Å². The molecular formula is C2H2Cl2CoNO9. The van der Waals surface area contributed by atoms with Crippen LogP contribution in [-0.2, 0) is 21.6 Å². The van der Waals surface area contributed by atoms with Gasteiger partial charge in [-0.2, -0.15) is 7.05 Å². The van der Waals surface area contributed by atoms with Crippen molar-refractivity contribution in [2.24, 2.45) is 4.99 Å². The maximum atomic E-state index is 8.82. The fourth-order valence-electron chi connectivity index (χ4n) is 0. The van der Waals surface area contributed by atoms with Gasteiger partial charge in [0.1, 0.15) is 0 Å². The Labute approximate surface area is 97.8 Å². The molecule has 13 heteroatoms. The quantitative estimate of drug-likeness (QED) is 0.235. The molecule has 0 bridgehead atoms. The third-order valence-electron chi connectivity index (χ3n) is 0.0645. The summed E-state index contributed by atoms with van der Waals surface area (Å²) in [5.41, 5.74) is 0. The van der Waals surface area contributed by atoms with E-state index in [2.05, 4.69) is 12.0 Å². The van der Waals surface area contributed by atoms with Gasteiger partial charge >= 0.3 is 16.8 Å². The molecule has 0 aliphatic heterocycles. The molecular weight excluding hydrogens is 312 g/mol. The van der Waals surface area contributed by atoms with Crippen LogP contribution >= 0.6 is 0 Å². The Bertz CT molecular complexity index is 146. The van der Waals surface area contributed by atoms with Crippen LogP contribution in [0.4, 0.5) is 0 Å². The number of hydrogen-bond acceptors (Lipinski definition) is 10. The van der Waals surface area contributed by atoms with Crippen molar-refractivity contribution in [1.29, 1.82) is 0 Å². The van der Waals surface area contributed by atoms with E-state index in [1.807, 2.05) is 0 Å². The minimum Gasteiger partial charge on any atom is -0.389 e. The molecule has 0 spiro atoms. The summed E-state index contributed by atoms with van der Waals surface area (Å²) in [4.78, 5) is 11.5. The molecule has 0 rings (SSSR count). The van der Waals surface area contributed by atoms with Crippen LogP contribution in [0.15, 0.2) is 4.99 Å². The fourth-order valence-corrected chi connectivity index (χ4v) is 0. The van der Waals surface area contributed by atoms with E-state index in [4.69, 9.17) is 42.1 Å². The van der Waals surface area contributed by atoms with Crippen molar-refractivity contribution in [3.8, 4) is 0 Å². The first-order chi connectivity index (χ1) is 5.91. The molecule has 0 radical (unpaired) electrons. The Morgan fingerprint density at radius 1 is 0.867 bits per heavy atom. The van der Waals surface area contributed by atoms with Crippen molar-refractivity contribution in [3.63, 3.8) is 0 Å². The maximum Gasteiger partial charge on any atom is 3.00 e. The predicted octanol–water partition coefficient (Wildman–Crippen LogP) is -9.40. The summed E-state index contributed by atoms with van der Waals surface area (Å²) in [5.74, 6) is 0. The zero-order chi connectivity index (χ0) is 12.4. The Balaban J connectivity index is -0.0000000590. The number of rotatable bonds is 0. The van der Waals surface area contributed by atoms with Crippen LogP contribution in [0, 0.1) is 27.5 Å². The molecule has 0 aromatic heterocycles. The maximum absolute atomic E-state index is 8.82. The summed E-state index contributed by atoms with van der Waals surface area (Å²) in [6.07, 6.45) is 1.19. The third-order valence-corrected chi connectivity index (χ3v) is 0.0645. The van der Waals surface area contributed by atoms with Gasteiger partial charge in [0.2, 0.25) is 0 Å². The summed E-state index contributed by atoms with van der Waals surface area (Å²) in [5, 5.41) is 0. The molecule has 0 aliphatic rings. The third kappa shape index (κ3) is 1960. The van der Waals surface area contributed by atoms with Crippen LogP contribution in [0.5, 0.6) is 0 Å². The Hall–Kier alpha value is 0.0165. The van der Waals surface area contributed by atoms with E-state index in [1.165, 1.54) is 6.08 Å². The molecule has 15 heavy (non-hydrogen) atoms. The molecule has 0 saturated heterocycles. The van der Waals surface area contributed by atoms with Crippen molar-refractivity contribution < 1.29 is 79.3 Å². The van der Waals surface area contributed by atoms with Crippen LogP contribution < -0.4 is 37.3 Å². The van der Waals surface area contributed by atoms with E-state index in [9.17, 15) is 0 Å². The van der Waals surface area contributed by atoms with Gasteiger partial charge in [-0.25, -0.2) is 37.3 Å². The Kier molecular flexibility index (Phi) is 19.6. The molecule has 0 aromatic carbocycles. The number of hydrogen-bond donors (Lipinski definition) is 0. The smallest absolute Gasteiger partial charge is 0.389 e. The molecule has 0 fully saturated rings. The summed E-state index contributed by atoms with van der Waals surface area (Å²) < 4.78 is 67.9. The molecule has 10 nitrogen and oxygen atoms in total. The molecule has 0 aliphatic carbocycles. The summed E-state index contributed by atoms with van der Waals surface area (Å²) in [6, 6.07) is 0. The summed E-state index contributed by atoms with van der Waals surface area (Å²) >= 11 is 0. The number of isocyanates is 1. The number of carbonyl (C=O) groups excluding carboxylic acids is 1. The predicted molar refractivity (Wildman–Crippen MR) is 13.5 cm³/mol. The molecule has 0 atom stereocenters. The molecule has 0 aromatic rings. The van der Waals surface area contributed by atoms with Crippen LogP contribution in [0.2, 0.25) is 0 Å². The van der Waals surface area contributed by atoms with E-state index < -0.39 is 20.5 Å². The van der Waals surface area contributed by atoms with E-state index >= 15 is 0 Å². The van der Waals surface area contributed by atoms with Crippen molar-refractivity contribution in [2.45, 2.75) is 0 Å². The van der Waals surface area contributed by atoms with E-state index in [-0.39, 0.29) is 16.8 Å². The van der Waals surface area contributed by atoms with Crippen LogP contribution in [-0.4, -0.2) is 6.08 Å². The van der Waals surface area contributed by atoms with E-state index in [0.29, 0.717) is 0 Å². The van der Waals surface area contributed by atoms with Gasteiger partial charge in [0.05, 0.1) is 0 Å². The fraction of sp³-hybridized carbons (Fsp3) is 0. The van der Waals surface area contributed by atoms with Gasteiger partial charge in [-0.15, -0.1) is 20.5 Å². The Morgan fingerprint density at radius 2 is 0.933 bits per heavy atom. The Morgan fingerprint density at radius 3 is 0.933 bits per heavy atom. The van der Waals surface area contributed by atoms with Crippen molar-refractivity contribution in [1.82, 2.24) is 0 Å². The van der Waals surface area contributed by atoms with Gasteiger partial charge in [0, 0.05) is 0 Å². The van der Waals surface area contributed by atoms with Gasteiger partial charge in [-0.1, -0.05) is 0 Å². The molecule has 0 amide bonds. The zero-order valence-corrected chi connectivity index (χ0v) is 8.97. The molecule has 0 saturated carbocycles. The second-order valence-electron chi connectivity index (χ2n) is 1.01. The molecule has 0 heterocycles. The number of halogens is 2. The largest absolute Gasteiger partial charge is 3.00 e. The van der Waals surface area contributed by atoms with Crippen molar-refractivity contribution in [3.05, 3.63) is 7.05 Å². The van der Waals surface area contributed by atoms with Crippen molar-refractivity contribution >= 4 is 6.08 Å². The minimum atomic E-state index is -4.94. The minimum absolute atomic E-state index is 0. The van der Waals surface area contributed by atoms with Crippen LogP contribution in [0.3, 0.4) is 0 Å². The summed E-state index contributed by atoms with van der Waals surface area (Å²) in [6.45, 7) is 0. The standard InChI is InChI=1S/C2H2NO.2ClHO4.Co/c1-3-2-4;2*2-1(3,4)5;/h1H2;2*(H,2,3,4,5);/q-1;;;+3/p-2. The summed E-state index contributed by atoms with van der Waals surface area (Å²) in [7, 11) is -7.08. The van der Waals surface area contributed by atoms with Gasteiger partial charge in [0.15, 0.2) is 0 Å². The average Bonchev–Trinajstić information content (AvgIpc) is 1.79. The van der Waals surface area contributed by atoms with Gasteiger partial charge < -0.3 is 9.79 Å². The topological polar surface area (TPSA) is 214 Å². The second-order valence-corrected chi connectivity index (χ2v) is 2.52. The van der Waals surface area contributed by atoms with Gasteiger partial charge in [-0.05, 0) is 6.08 Å². The average molecular weight is 314 g/mol. The number of aliphatic imine (C=N–C) groups is 1. The second kappa shape index (κ2) is 12.1. The molecule has 0 N–H and O–H groups in total. The van der Waals surface area contributed by atoms with Crippen molar-refractivity contribution in [2.75, 3.05) is 0 Å². The first-order valence-corrected chi connectivity index (χ1v) is 4.45. The molecule has 92 valence electrons.